The highest BCUT2D eigenvalue weighted by molar-refractivity contribution is 5.80. The fourth-order valence-electron chi connectivity index (χ4n) is 3.92. The summed E-state index contributed by atoms with van der Waals surface area (Å²) in [4.78, 5) is 23.9. The van der Waals surface area contributed by atoms with Gasteiger partial charge in [-0.05, 0) is 86.1 Å². The number of rotatable bonds is 3. The van der Waals surface area contributed by atoms with Crippen molar-refractivity contribution in [3.8, 4) is 5.75 Å². The van der Waals surface area contributed by atoms with Crippen LogP contribution in [0.2, 0.25) is 0 Å². The average Bonchev–Trinajstić information content (AvgIpc) is 2.63. The van der Waals surface area contributed by atoms with Crippen molar-refractivity contribution < 1.29 is 13.9 Å². The molecule has 0 saturated heterocycles. The molecule has 2 aromatic carbocycles. The fourth-order valence-corrected chi connectivity index (χ4v) is 3.92. The van der Waals surface area contributed by atoms with Crippen LogP contribution in [0.1, 0.15) is 42.0 Å². The molecule has 1 heterocycles. The van der Waals surface area contributed by atoms with Gasteiger partial charge in [-0.15, -0.1) is 0 Å². The van der Waals surface area contributed by atoms with Gasteiger partial charge in [0.1, 0.15) is 11.3 Å². The van der Waals surface area contributed by atoms with E-state index in [1.165, 1.54) is 37.0 Å². The van der Waals surface area contributed by atoms with Crippen LogP contribution in [0.15, 0.2) is 39.5 Å². The van der Waals surface area contributed by atoms with E-state index in [0.29, 0.717) is 22.6 Å². The number of hydrogen-bond donors (Lipinski definition) is 1. The zero-order valence-electron chi connectivity index (χ0n) is 16.3. The van der Waals surface area contributed by atoms with E-state index in [1.54, 1.807) is 0 Å². The highest BCUT2D eigenvalue weighted by Gasteiger charge is 2.14. The molecular formula is C23H23NO4. The van der Waals surface area contributed by atoms with Gasteiger partial charge in [0.15, 0.2) is 5.43 Å². The van der Waals surface area contributed by atoms with Crippen molar-refractivity contribution in [1.29, 1.82) is 0 Å². The normalized spacial score (nSPS) is 13.2. The Morgan fingerprint density at radius 1 is 1.00 bits per heavy atom. The van der Waals surface area contributed by atoms with Crippen LogP contribution in [0.4, 0.5) is 11.6 Å². The van der Waals surface area contributed by atoms with Crippen molar-refractivity contribution in [2.24, 2.45) is 0 Å². The van der Waals surface area contributed by atoms with Crippen LogP contribution in [-0.4, -0.2) is 5.97 Å². The lowest BCUT2D eigenvalue weighted by Gasteiger charge is -2.16. The first kappa shape index (κ1) is 18.3. The van der Waals surface area contributed by atoms with Gasteiger partial charge in [-0.2, -0.15) is 0 Å². The Bertz CT molecular complexity index is 1120. The Kier molecular flexibility index (Phi) is 4.67. The van der Waals surface area contributed by atoms with E-state index < -0.39 is 0 Å². The second-order valence-electron chi connectivity index (χ2n) is 7.46. The SMILES string of the molecule is CC(=O)Oc1c(C)cc(Nc2cc(=O)c3cc4c(cc3o2)CCCC4)cc1C. The molecule has 0 spiro atoms. The van der Waals surface area contributed by atoms with Crippen LogP contribution >= 0.6 is 0 Å². The largest absolute Gasteiger partial charge is 0.440 e. The van der Waals surface area contributed by atoms with Gasteiger partial charge in [-0.1, -0.05) is 0 Å². The van der Waals surface area contributed by atoms with Crippen LogP contribution < -0.4 is 15.5 Å². The molecule has 3 aromatic rings. The number of anilines is 2. The molecule has 0 atom stereocenters. The molecule has 0 bridgehead atoms. The lowest BCUT2D eigenvalue weighted by Crippen LogP contribution is -2.08. The number of hydrogen-bond acceptors (Lipinski definition) is 5. The first-order chi connectivity index (χ1) is 13.4. The summed E-state index contributed by atoms with van der Waals surface area (Å²) in [5.74, 6) is 0.604. The predicted octanol–water partition coefficient (Wildman–Crippen LogP) is 4.96. The van der Waals surface area contributed by atoms with Crippen molar-refractivity contribution >= 4 is 28.5 Å². The van der Waals surface area contributed by atoms with E-state index in [0.717, 1.165) is 29.7 Å². The van der Waals surface area contributed by atoms with Crippen molar-refractivity contribution in [2.75, 3.05) is 5.32 Å². The topological polar surface area (TPSA) is 68.5 Å². The number of fused-ring (bicyclic) bond motifs is 2. The Hall–Kier alpha value is -3.08. The van der Waals surface area contributed by atoms with Gasteiger partial charge in [0.2, 0.25) is 5.88 Å². The summed E-state index contributed by atoms with van der Waals surface area (Å²) >= 11 is 0. The third-order valence-corrected chi connectivity index (χ3v) is 5.17. The average molecular weight is 377 g/mol. The molecule has 0 fully saturated rings. The molecule has 0 aliphatic heterocycles. The highest BCUT2D eigenvalue weighted by atomic mass is 16.5. The first-order valence-electron chi connectivity index (χ1n) is 9.57. The third-order valence-electron chi connectivity index (χ3n) is 5.17. The van der Waals surface area contributed by atoms with Gasteiger partial charge in [0.25, 0.3) is 0 Å². The molecule has 0 radical (unpaired) electrons. The number of benzene rings is 2. The molecule has 0 saturated carbocycles. The van der Waals surface area contributed by atoms with Crippen molar-refractivity contribution in [2.45, 2.75) is 46.5 Å². The molecule has 1 aliphatic carbocycles. The Morgan fingerprint density at radius 2 is 1.64 bits per heavy atom. The monoisotopic (exact) mass is 377 g/mol. The van der Waals surface area contributed by atoms with E-state index in [-0.39, 0.29) is 11.4 Å². The van der Waals surface area contributed by atoms with Gasteiger partial charge in [-0.25, -0.2) is 0 Å². The van der Waals surface area contributed by atoms with E-state index in [9.17, 15) is 9.59 Å². The number of nitrogens with one attached hydrogen (secondary N) is 1. The summed E-state index contributed by atoms with van der Waals surface area (Å²) in [5.41, 5.74) is 5.52. The second kappa shape index (κ2) is 7.15. The summed E-state index contributed by atoms with van der Waals surface area (Å²) in [7, 11) is 0. The van der Waals surface area contributed by atoms with E-state index in [2.05, 4.69) is 5.32 Å². The van der Waals surface area contributed by atoms with Gasteiger partial charge in [0, 0.05) is 18.7 Å². The summed E-state index contributed by atoms with van der Waals surface area (Å²) in [5, 5.41) is 3.80. The molecule has 0 amide bonds. The quantitative estimate of drug-likeness (QED) is 0.516. The Labute approximate surface area is 163 Å². The molecule has 5 nitrogen and oxygen atoms in total. The van der Waals surface area contributed by atoms with Gasteiger partial charge in [0.05, 0.1) is 5.39 Å². The lowest BCUT2D eigenvalue weighted by molar-refractivity contribution is -0.131. The number of aryl methyl sites for hydroxylation is 4. The number of carbonyl (C=O) groups is 1. The minimum atomic E-state index is -0.351. The molecule has 0 unspecified atom stereocenters. The van der Waals surface area contributed by atoms with Crippen molar-refractivity contribution in [3.63, 3.8) is 0 Å². The minimum Gasteiger partial charge on any atom is -0.440 e. The van der Waals surface area contributed by atoms with Gasteiger partial charge < -0.3 is 14.5 Å². The summed E-state index contributed by atoms with van der Waals surface area (Å²) in [6.45, 7) is 5.13. The smallest absolute Gasteiger partial charge is 0.308 e. The first-order valence-corrected chi connectivity index (χ1v) is 9.57. The van der Waals surface area contributed by atoms with E-state index >= 15 is 0 Å². The second-order valence-corrected chi connectivity index (χ2v) is 7.46. The zero-order valence-corrected chi connectivity index (χ0v) is 16.3. The van der Waals surface area contributed by atoms with Crippen LogP contribution in [0, 0.1) is 13.8 Å². The third kappa shape index (κ3) is 3.52. The maximum absolute atomic E-state index is 12.6. The number of ether oxygens (including phenoxy) is 1. The molecule has 144 valence electrons. The number of esters is 1. The molecule has 5 heteroatoms. The van der Waals surface area contributed by atoms with Crippen LogP contribution in [0.25, 0.3) is 11.0 Å². The summed E-state index contributed by atoms with van der Waals surface area (Å²) in [6.07, 6.45) is 4.40. The maximum atomic E-state index is 12.6. The van der Waals surface area contributed by atoms with Gasteiger partial charge in [-0.3, -0.25) is 9.59 Å². The maximum Gasteiger partial charge on any atom is 0.308 e. The molecule has 1 N–H and O–H groups in total. The summed E-state index contributed by atoms with van der Waals surface area (Å²) < 4.78 is 11.3. The fraction of sp³-hybridized carbons (Fsp3) is 0.304. The number of carbonyl (C=O) groups excluding carboxylic acids is 1. The highest BCUT2D eigenvalue weighted by Crippen LogP contribution is 2.30. The summed E-state index contributed by atoms with van der Waals surface area (Å²) in [6, 6.07) is 9.21. The standard InChI is InChI=1S/C23H23NO4/c1-13-8-18(9-14(2)23(13)27-15(3)25)24-22-12-20(26)19-10-16-6-4-5-7-17(16)11-21(19)28-22/h8-12,24H,4-7H2,1-3H3. The zero-order chi connectivity index (χ0) is 19.8. The molecular weight excluding hydrogens is 354 g/mol. The Morgan fingerprint density at radius 3 is 2.29 bits per heavy atom. The van der Waals surface area contributed by atoms with Crippen LogP contribution in [0.5, 0.6) is 5.75 Å². The minimum absolute atomic E-state index is 0.0536. The van der Waals surface area contributed by atoms with E-state index in [1.807, 2.05) is 38.1 Å². The predicted molar refractivity (Wildman–Crippen MR) is 110 cm³/mol. The van der Waals surface area contributed by atoms with E-state index in [4.69, 9.17) is 9.15 Å². The molecule has 1 aromatic heterocycles. The lowest BCUT2D eigenvalue weighted by atomic mass is 9.90. The van der Waals surface area contributed by atoms with Crippen molar-refractivity contribution in [1.82, 2.24) is 0 Å². The Balaban J connectivity index is 1.70. The molecule has 1 aliphatic rings. The molecule has 28 heavy (non-hydrogen) atoms. The van der Waals surface area contributed by atoms with Crippen LogP contribution in [-0.2, 0) is 17.6 Å². The van der Waals surface area contributed by atoms with Crippen molar-refractivity contribution in [3.05, 3.63) is 62.8 Å². The van der Waals surface area contributed by atoms with Crippen LogP contribution in [0.3, 0.4) is 0 Å². The van der Waals surface area contributed by atoms with Gasteiger partial charge >= 0.3 is 5.97 Å². The molecule has 4 rings (SSSR count).